The van der Waals surface area contributed by atoms with Crippen molar-refractivity contribution in [2.75, 3.05) is 0 Å². The van der Waals surface area contributed by atoms with Gasteiger partial charge in [-0.05, 0) is 31.3 Å². The van der Waals surface area contributed by atoms with E-state index in [1.54, 1.807) is 0 Å². The van der Waals surface area contributed by atoms with Crippen molar-refractivity contribution >= 4 is 0 Å². The molecule has 0 radical (unpaired) electrons. The van der Waals surface area contributed by atoms with Crippen LogP contribution in [0.2, 0.25) is 0 Å². The van der Waals surface area contributed by atoms with Gasteiger partial charge in [-0.15, -0.1) is 0 Å². The molecule has 0 aliphatic rings. The maximum absolute atomic E-state index is 2.28. The molecule has 0 nitrogen and oxygen atoms in total. The van der Waals surface area contributed by atoms with E-state index in [9.17, 15) is 0 Å². The summed E-state index contributed by atoms with van der Waals surface area (Å²) in [6, 6.07) is 0. The molecule has 0 aromatic rings. The minimum Gasteiger partial charge on any atom is -0.0877 e. The van der Waals surface area contributed by atoms with E-state index in [4.69, 9.17) is 0 Å². The highest BCUT2D eigenvalue weighted by Crippen LogP contribution is 2.30. The van der Waals surface area contributed by atoms with Gasteiger partial charge in [-0.2, -0.15) is 0 Å². The highest BCUT2D eigenvalue weighted by Gasteiger charge is 2.17. The van der Waals surface area contributed by atoms with Gasteiger partial charge in [-0.3, -0.25) is 0 Å². The van der Waals surface area contributed by atoms with E-state index in [2.05, 4.69) is 58.1 Å². The third kappa shape index (κ3) is 4.12. The fraction of sp³-hybridized carbons (Fsp3) is 0.538. The summed E-state index contributed by atoms with van der Waals surface area (Å²) in [6.45, 7) is 10.9. The van der Waals surface area contributed by atoms with Gasteiger partial charge in [-0.1, -0.05) is 51.2 Å². The summed E-state index contributed by atoms with van der Waals surface area (Å²) >= 11 is 0. The van der Waals surface area contributed by atoms with Crippen molar-refractivity contribution in [3.05, 3.63) is 36.0 Å². The Hall–Kier alpha value is -0.780. The fourth-order valence-corrected chi connectivity index (χ4v) is 1.09. The summed E-state index contributed by atoms with van der Waals surface area (Å²) in [5.41, 5.74) is 1.68. The van der Waals surface area contributed by atoms with Gasteiger partial charge < -0.3 is 0 Å². The number of rotatable bonds is 4. The van der Waals surface area contributed by atoms with Crippen molar-refractivity contribution < 1.29 is 0 Å². The van der Waals surface area contributed by atoms with Crippen molar-refractivity contribution in [3.8, 4) is 0 Å². The van der Waals surface area contributed by atoms with E-state index < -0.39 is 0 Å². The van der Waals surface area contributed by atoms with Crippen LogP contribution in [0.5, 0.6) is 0 Å². The summed E-state index contributed by atoms with van der Waals surface area (Å²) in [5.74, 6) is 0. The van der Waals surface area contributed by atoms with Crippen LogP contribution in [0.25, 0.3) is 0 Å². The fourth-order valence-electron chi connectivity index (χ4n) is 1.09. The molecule has 0 rings (SSSR count). The molecule has 0 N–H and O–H groups in total. The Morgan fingerprint density at radius 3 is 2.15 bits per heavy atom. The maximum Gasteiger partial charge on any atom is -0.0106 e. The first-order valence-electron chi connectivity index (χ1n) is 5.04. The van der Waals surface area contributed by atoms with E-state index in [0.717, 1.165) is 0 Å². The first-order chi connectivity index (χ1) is 6.08. The Kier molecular flexibility index (Phi) is 5.45. The topological polar surface area (TPSA) is 0 Å². The molecule has 0 atom stereocenters. The lowest BCUT2D eigenvalue weighted by Crippen LogP contribution is -2.11. The van der Waals surface area contributed by atoms with E-state index in [1.165, 1.54) is 12.0 Å². The molecule has 0 saturated carbocycles. The highest BCUT2D eigenvalue weighted by atomic mass is 14.2. The molecule has 74 valence electrons. The van der Waals surface area contributed by atoms with Crippen LogP contribution in [0.15, 0.2) is 36.0 Å². The molecule has 0 fully saturated rings. The molecule has 0 heterocycles. The summed E-state index contributed by atoms with van der Waals surface area (Å²) < 4.78 is 0. The van der Waals surface area contributed by atoms with Crippen LogP contribution in [-0.4, -0.2) is 0 Å². The van der Waals surface area contributed by atoms with Gasteiger partial charge in [0.1, 0.15) is 0 Å². The molecule has 0 heteroatoms. The second-order valence-corrected chi connectivity index (χ2v) is 3.89. The van der Waals surface area contributed by atoms with Crippen molar-refractivity contribution in [3.63, 3.8) is 0 Å². The molecular weight excluding hydrogens is 156 g/mol. The van der Waals surface area contributed by atoms with E-state index in [0.29, 0.717) is 0 Å². The van der Waals surface area contributed by atoms with Crippen LogP contribution in [0.1, 0.15) is 41.0 Å². The Morgan fingerprint density at radius 2 is 1.77 bits per heavy atom. The van der Waals surface area contributed by atoms with E-state index in [1.807, 2.05) is 6.92 Å². The minimum atomic E-state index is 0.284. The molecule has 0 amide bonds. The lowest BCUT2D eigenvalue weighted by Gasteiger charge is -2.24. The van der Waals surface area contributed by atoms with Gasteiger partial charge in [0, 0.05) is 0 Å². The maximum atomic E-state index is 2.28. The molecule has 0 saturated heterocycles. The molecular formula is C13H22. The van der Waals surface area contributed by atoms with Crippen LogP contribution < -0.4 is 0 Å². The lowest BCUT2D eigenvalue weighted by molar-refractivity contribution is 0.440. The normalized spacial score (nSPS) is 14.7. The molecule has 13 heavy (non-hydrogen) atoms. The minimum absolute atomic E-state index is 0.284. The predicted molar refractivity (Wildman–Crippen MR) is 61.8 cm³/mol. The average molecular weight is 178 g/mol. The van der Waals surface area contributed by atoms with Crippen molar-refractivity contribution in [1.29, 1.82) is 0 Å². The van der Waals surface area contributed by atoms with Gasteiger partial charge >= 0.3 is 0 Å². The Morgan fingerprint density at radius 1 is 1.15 bits per heavy atom. The highest BCUT2D eigenvalue weighted by molar-refractivity contribution is 5.28. The van der Waals surface area contributed by atoms with Crippen molar-refractivity contribution in [2.45, 2.75) is 41.0 Å². The number of allylic oxidation sites excluding steroid dienone is 6. The third-order valence-corrected chi connectivity index (χ3v) is 2.48. The van der Waals surface area contributed by atoms with Crippen LogP contribution in [0.4, 0.5) is 0 Å². The van der Waals surface area contributed by atoms with E-state index >= 15 is 0 Å². The number of hydrogen-bond acceptors (Lipinski definition) is 0. The van der Waals surface area contributed by atoms with Gasteiger partial charge in [-0.25, -0.2) is 0 Å². The largest absolute Gasteiger partial charge is 0.0877 e. The lowest BCUT2D eigenvalue weighted by atomic mass is 9.81. The summed E-state index contributed by atoms with van der Waals surface area (Å²) in [4.78, 5) is 0. The molecule has 0 spiro atoms. The molecule has 0 aromatic carbocycles. The zero-order chi connectivity index (χ0) is 10.3. The van der Waals surface area contributed by atoms with E-state index in [-0.39, 0.29) is 5.41 Å². The Labute approximate surface area is 83.0 Å². The molecule has 0 aliphatic carbocycles. The standard InChI is InChI=1S/C13H22/c1-6-9-11-12(10-7-2)13(4,5)8-3/h6-7,9-11H,8H2,1-5H3/b9-6-,10-7-,12-11+. The van der Waals surface area contributed by atoms with Crippen LogP contribution in [0, 0.1) is 5.41 Å². The van der Waals surface area contributed by atoms with Crippen molar-refractivity contribution in [2.24, 2.45) is 5.41 Å². The SMILES string of the molecule is C\C=C/C=C(\C=C/C)C(C)(C)CC. The summed E-state index contributed by atoms with van der Waals surface area (Å²) in [7, 11) is 0. The zero-order valence-corrected chi connectivity index (χ0v) is 9.59. The Bertz CT molecular complexity index is 214. The first-order valence-corrected chi connectivity index (χ1v) is 5.04. The van der Waals surface area contributed by atoms with Crippen LogP contribution >= 0.6 is 0 Å². The van der Waals surface area contributed by atoms with Gasteiger partial charge in [0.25, 0.3) is 0 Å². The smallest absolute Gasteiger partial charge is 0.0106 e. The summed E-state index contributed by atoms with van der Waals surface area (Å²) in [6.07, 6.45) is 11.8. The third-order valence-electron chi connectivity index (χ3n) is 2.48. The molecule has 0 unspecified atom stereocenters. The van der Waals surface area contributed by atoms with Crippen molar-refractivity contribution in [1.82, 2.24) is 0 Å². The number of hydrogen-bond donors (Lipinski definition) is 0. The predicted octanol–water partition coefficient (Wildman–Crippen LogP) is 4.50. The molecule has 0 aromatic heterocycles. The van der Waals surface area contributed by atoms with Gasteiger partial charge in [0.2, 0.25) is 0 Å². The summed E-state index contributed by atoms with van der Waals surface area (Å²) in [5, 5.41) is 0. The molecule has 0 aliphatic heterocycles. The van der Waals surface area contributed by atoms with Crippen LogP contribution in [0.3, 0.4) is 0 Å². The molecule has 0 bridgehead atoms. The second kappa shape index (κ2) is 5.80. The average Bonchev–Trinajstić information content (AvgIpc) is 2.12. The first kappa shape index (κ1) is 12.2. The van der Waals surface area contributed by atoms with Gasteiger partial charge in [0.05, 0.1) is 0 Å². The van der Waals surface area contributed by atoms with Crippen LogP contribution in [-0.2, 0) is 0 Å². The monoisotopic (exact) mass is 178 g/mol. The second-order valence-electron chi connectivity index (χ2n) is 3.89. The Balaban J connectivity index is 4.80. The zero-order valence-electron chi connectivity index (χ0n) is 9.59. The van der Waals surface area contributed by atoms with Gasteiger partial charge in [0.15, 0.2) is 0 Å². The quantitative estimate of drug-likeness (QED) is 0.556.